The van der Waals surface area contributed by atoms with Crippen LogP contribution in [0, 0.1) is 11.3 Å². The van der Waals surface area contributed by atoms with E-state index in [1.54, 1.807) is 0 Å². The maximum absolute atomic E-state index is 10.5. The number of carboxylic acids is 1. The van der Waals surface area contributed by atoms with Gasteiger partial charge in [-0.3, -0.25) is 4.98 Å². The lowest BCUT2D eigenvalue weighted by Gasteiger charge is -1.94. The van der Waals surface area contributed by atoms with Crippen LogP contribution in [-0.4, -0.2) is 16.1 Å². The lowest BCUT2D eigenvalue weighted by Crippen LogP contribution is -1.96. The summed E-state index contributed by atoms with van der Waals surface area (Å²) in [6, 6.07) is 3.26. The Balaban J connectivity index is 3.00. The summed E-state index contributed by atoms with van der Waals surface area (Å²) in [6.45, 7) is 0. The highest BCUT2D eigenvalue weighted by Crippen LogP contribution is 2.04. The number of nitrogens with zero attached hydrogens (tertiary/aromatic N) is 2. The van der Waals surface area contributed by atoms with Crippen molar-refractivity contribution in [3.8, 4) is 6.07 Å². The highest BCUT2D eigenvalue weighted by Gasteiger charge is 2.01. The average Bonchev–Trinajstić information content (AvgIpc) is 2.15. The van der Waals surface area contributed by atoms with Crippen LogP contribution in [0.4, 0.5) is 0 Å². The molecule has 0 unspecified atom stereocenters. The SMILES string of the molecule is N#CC=Cc1cncc(C(=O)O)c1. The van der Waals surface area contributed by atoms with E-state index in [1.165, 1.54) is 30.6 Å². The zero-order valence-electron chi connectivity index (χ0n) is 6.64. The standard InChI is InChI=1S/C9H6N2O2/c10-3-1-2-7-4-8(9(12)13)6-11-5-7/h1-2,4-6H,(H,12,13). The molecule has 0 bridgehead atoms. The van der Waals surface area contributed by atoms with E-state index in [4.69, 9.17) is 10.4 Å². The van der Waals surface area contributed by atoms with Crippen molar-refractivity contribution in [3.05, 3.63) is 35.7 Å². The third-order valence-corrected chi connectivity index (χ3v) is 1.36. The molecule has 0 amide bonds. The Morgan fingerprint density at radius 2 is 2.38 bits per heavy atom. The first-order valence-corrected chi connectivity index (χ1v) is 3.48. The predicted molar refractivity (Wildman–Crippen MR) is 45.8 cm³/mol. The van der Waals surface area contributed by atoms with Gasteiger partial charge >= 0.3 is 5.97 Å². The van der Waals surface area contributed by atoms with Gasteiger partial charge in [-0.05, 0) is 17.7 Å². The Labute approximate surface area is 74.8 Å². The Hall–Kier alpha value is -2.15. The molecule has 4 heteroatoms. The van der Waals surface area contributed by atoms with E-state index >= 15 is 0 Å². The fourth-order valence-corrected chi connectivity index (χ4v) is 0.799. The number of pyridine rings is 1. The molecule has 0 aliphatic carbocycles. The molecular weight excluding hydrogens is 168 g/mol. The van der Waals surface area contributed by atoms with Gasteiger partial charge in [-0.15, -0.1) is 0 Å². The lowest BCUT2D eigenvalue weighted by atomic mass is 10.2. The van der Waals surface area contributed by atoms with Crippen LogP contribution in [0.5, 0.6) is 0 Å². The van der Waals surface area contributed by atoms with Crippen molar-refractivity contribution >= 4 is 12.0 Å². The number of hydrogen-bond acceptors (Lipinski definition) is 3. The molecule has 1 rings (SSSR count). The molecule has 0 atom stereocenters. The molecule has 0 saturated heterocycles. The topological polar surface area (TPSA) is 74.0 Å². The van der Waals surface area contributed by atoms with Crippen molar-refractivity contribution in [3.63, 3.8) is 0 Å². The normalized spacial score (nSPS) is 9.77. The number of carboxylic acid groups (broad SMARTS) is 1. The van der Waals surface area contributed by atoms with E-state index in [1.807, 2.05) is 6.07 Å². The second kappa shape index (κ2) is 4.02. The maximum Gasteiger partial charge on any atom is 0.337 e. The molecule has 0 saturated carbocycles. The minimum absolute atomic E-state index is 0.111. The summed E-state index contributed by atoms with van der Waals surface area (Å²) >= 11 is 0. The van der Waals surface area contributed by atoms with Crippen LogP contribution in [-0.2, 0) is 0 Å². The first kappa shape index (κ1) is 8.94. The van der Waals surface area contributed by atoms with Gasteiger partial charge in [-0.2, -0.15) is 5.26 Å². The molecule has 1 aromatic heterocycles. The number of allylic oxidation sites excluding steroid dienone is 1. The molecule has 64 valence electrons. The van der Waals surface area contributed by atoms with Crippen LogP contribution in [0.15, 0.2) is 24.5 Å². The van der Waals surface area contributed by atoms with E-state index in [9.17, 15) is 4.79 Å². The van der Waals surface area contributed by atoms with Gasteiger partial charge in [0.2, 0.25) is 0 Å². The lowest BCUT2D eigenvalue weighted by molar-refractivity contribution is 0.0696. The molecule has 0 aliphatic heterocycles. The quantitative estimate of drug-likeness (QED) is 0.686. The molecule has 1 N–H and O–H groups in total. The van der Waals surface area contributed by atoms with E-state index in [2.05, 4.69) is 4.98 Å². The molecule has 4 nitrogen and oxygen atoms in total. The number of aromatic nitrogens is 1. The van der Waals surface area contributed by atoms with Crippen LogP contribution < -0.4 is 0 Å². The molecule has 0 fully saturated rings. The van der Waals surface area contributed by atoms with Gasteiger partial charge in [0, 0.05) is 18.5 Å². The van der Waals surface area contributed by atoms with Gasteiger partial charge in [0.05, 0.1) is 11.6 Å². The maximum atomic E-state index is 10.5. The van der Waals surface area contributed by atoms with Crippen molar-refractivity contribution in [2.75, 3.05) is 0 Å². The van der Waals surface area contributed by atoms with Gasteiger partial charge in [-0.1, -0.05) is 0 Å². The molecule has 0 aliphatic rings. The van der Waals surface area contributed by atoms with Crippen LogP contribution in [0.2, 0.25) is 0 Å². The Kier molecular flexibility index (Phi) is 2.77. The number of rotatable bonds is 2. The van der Waals surface area contributed by atoms with Crippen molar-refractivity contribution in [2.24, 2.45) is 0 Å². The van der Waals surface area contributed by atoms with E-state index < -0.39 is 5.97 Å². The summed E-state index contributed by atoms with van der Waals surface area (Å²) < 4.78 is 0. The fraction of sp³-hybridized carbons (Fsp3) is 0. The van der Waals surface area contributed by atoms with Crippen LogP contribution >= 0.6 is 0 Å². The average molecular weight is 174 g/mol. The molecule has 1 aromatic rings. The van der Waals surface area contributed by atoms with Crippen molar-refractivity contribution < 1.29 is 9.90 Å². The number of nitriles is 1. The molecule has 0 radical (unpaired) electrons. The fourth-order valence-electron chi connectivity index (χ4n) is 0.799. The molecular formula is C9H6N2O2. The van der Waals surface area contributed by atoms with Gasteiger partial charge < -0.3 is 5.11 Å². The minimum Gasteiger partial charge on any atom is -0.478 e. The largest absolute Gasteiger partial charge is 0.478 e. The third kappa shape index (κ3) is 2.42. The molecule has 1 heterocycles. The van der Waals surface area contributed by atoms with E-state index in [-0.39, 0.29) is 5.56 Å². The highest BCUT2D eigenvalue weighted by atomic mass is 16.4. The molecule has 13 heavy (non-hydrogen) atoms. The summed E-state index contributed by atoms with van der Waals surface area (Å²) in [5.41, 5.74) is 0.710. The Morgan fingerprint density at radius 3 is 3.00 bits per heavy atom. The van der Waals surface area contributed by atoms with E-state index in [0.717, 1.165) is 0 Å². The second-order valence-electron chi connectivity index (χ2n) is 2.27. The molecule has 0 aromatic carbocycles. The van der Waals surface area contributed by atoms with Crippen LogP contribution in [0.25, 0.3) is 6.08 Å². The van der Waals surface area contributed by atoms with Crippen LogP contribution in [0.1, 0.15) is 15.9 Å². The Morgan fingerprint density at radius 1 is 1.62 bits per heavy atom. The monoisotopic (exact) mass is 174 g/mol. The van der Waals surface area contributed by atoms with Crippen LogP contribution in [0.3, 0.4) is 0 Å². The third-order valence-electron chi connectivity index (χ3n) is 1.36. The van der Waals surface area contributed by atoms with Gasteiger partial charge in [0.25, 0.3) is 0 Å². The number of aromatic carboxylic acids is 1. The second-order valence-corrected chi connectivity index (χ2v) is 2.27. The first-order valence-electron chi connectivity index (χ1n) is 3.48. The minimum atomic E-state index is -1.03. The Bertz CT molecular complexity index is 391. The van der Waals surface area contributed by atoms with Crippen molar-refractivity contribution in [1.82, 2.24) is 4.98 Å². The predicted octanol–water partition coefficient (Wildman–Crippen LogP) is 1.32. The number of hydrogen-bond donors (Lipinski definition) is 1. The van der Waals surface area contributed by atoms with Gasteiger partial charge in [0.1, 0.15) is 0 Å². The number of carbonyl (C=O) groups is 1. The zero-order chi connectivity index (χ0) is 9.68. The van der Waals surface area contributed by atoms with Crippen molar-refractivity contribution in [1.29, 1.82) is 5.26 Å². The van der Waals surface area contributed by atoms with Gasteiger partial charge in [-0.25, -0.2) is 4.79 Å². The summed E-state index contributed by atoms with van der Waals surface area (Å²) in [6.07, 6.45) is 5.51. The summed E-state index contributed by atoms with van der Waals surface area (Å²) in [5.74, 6) is -1.03. The highest BCUT2D eigenvalue weighted by molar-refractivity contribution is 5.87. The summed E-state index contributed by atoms with van der Waals surface area (Å²) in [7, 11) is 0. The summed E-state index contributed by atoms with van der Waals surface area (Å²) in [5, 5.41) is 16.8. The molecule has 0 spiro atoms. The van der Waals surface area contributed by atoms with E-state index in [0.29, 0.717) is 5.56 Å². The van der Waals surface area contributed by atoms with Crippen molar-refractivity contribution in [2.45, 2.75) is 0 Å². The summed E-state index contributed by atoms with van der Waals surface area (Å²) in [4.78, 5) is 14.2. The van der Waals surface area contributed by atoms with Gasteiger partial charge in [0.15, 0.2) is 0 Å². The zero-order valence-corrected chi connectivity index (χ0v) is 6.64. The smallest absolute Gasteiger partial charge is 0.337 e. The first-order chi connectivity index (χ1) is 6.24.